The number of rotatable bonds is 1. The van der Waals surface area contributed by atoms with Crippen LogP contribution in [0.4, 0.5) is 0 Å². The van der Waals surface area contributed by atoms with Gasteiger partial charge in [-0.3, -0.25) is 4.68 Å². The van der Waals surface area contributed by atoms with Crippen molar-refractivity contribution in [1.82, 2.24) is 15.1 Å². The van der Waals surface area contributed by atoms with E-state index in [2.05, 4.69) is 17.3 Å². The molecule has 0 bridgehead atoms. The van der Waals surface area contributed by atoms with E-state index in [0.29, 0.717) is 0 Å². The average Bonchev–Trinajstić information content (AvgIpc) is 2.44. The molecule has 2 rings (SSSR count). The van der Waals surface area contributed by atoms with Gasteiger partial charge >= 0.3 is 0 Å². The molecule has 0 atom stereocenters. The monoisotopic (exact) mass is 165 g/mol. The van der Waals surface area contributed by atoms with Crippen LogP contribution in [0.5, 0.6) is 0 Å². The van der Waals surface area contributed by atoms with Gasteiger partial charge in [-0.15, -0.1) is 0 Å². The van der Waals surface area contributed by atoms with Gasteiger partial charge in [0.2, 0.25) is 0 Å². The number of nitrogens with one attached hydrogen (secondary N) is 1. The van der Waals surface area contributed by atoms with Crippen LogP contribution >= 0.6 is 0 Å². The Morgan fingerprint density at radius 3 is 3.17 bits per heavy atom. The molecule has 0 fully saturated rings. The number of nitrogens with zero attached hydrogens (tertiary/aromatic N) is 2. The summed E-state index contributed by atoms with van der Waals surface area (Å²) in [6.07, 6.45) is 2.17. The second-order valence-corrected chi connectivity index (χ2v) is 3.28. The van der Waals surface area contributed by atoms with Crippen LogP contribution in [-0.2, 0) is 26.4 Å². The number of aryl methyl sites for hydroxylation is 2. The van der Waals surface area contributed by atoms with E-state index in [0.717, 1.165) is 25.9 Å². The first-order valence-corrected chi connectivity index (χ1v) is 4.57. The van der Waals surface area contributed by atoms with Gasteiger partial charge in [0.25, 0.3) is 0 Å². The second-order valence-electron chi connectivity index (χ2n) is 3.28. The van der Waals surface area contributed by atoms with E-state index in [1.807, 2.05) is 11.7 Å². The third kappa shape index (κ3) is 1.05. The Balaban J connectivity index is 2.47. The van der Waals surface area contributed by atoms with Gasteiger partial charge in [0.05, 0.1) is 5.69 Å². The summed E-state index contributed by atoms with van der Waals surface area (Å²) >= 11 is 0. The summed E-state index contributed by atoms with van der Waals surface area (Å²) in [6, 6.07) is 0. The first kappa shape index (κ1) is 7.80. The fraction of sp³-hybridized carbons (Fsp3) is 0.667. The largest absolute Gasteiger partial charge is 0.312 e. The van der Waals surface area contributed by atoms with E-state index in [4.69, 9.17) is 0 Å². The van der Waals surface area contributed by atoms with Gasteiger partial charge in [-0.25, -0.2) is 0 Å². The van der Waals surface area contributed by atoms with E-state index in [-0.39, 0.29) is 0 Å². The summed E-state index contributed by atoms with van der Waals surface area (Å²) in [5.41, 5.74) is 4.12. The van der Waals surface area contributed by atoms with E-state index < -0.39 is 0 Å². The summed E-state index contributed by atoms with van der Waals surface area (Å²) < 4.78 is 2.04. The molecule has 0 radical (unpaired) electrons. The number of aromatic nitrogens is 2. The maximum absolute atomic E-state index is 4.49. The maximum atomic E-state index is 4.49. The van der Waals surface area contributed by atoms with Crippen LogP contribution in [0.2, 0.25) is 0 Å². The van der Waals surface area contributed by atoms with Crippen molar-refractivity contribution < 1.29 is 0 Å². The standard InChI is InChI=1S/C9H15N3/c1-3-8-7-6-10-5-4-9(7)12(2)11-8/h10H,3-6H2,1-2H3. The third-order valence-electron chi connectivity index (χ3n) is 2.53. The molecule has 0 amide bonds. The molecule has 66 valence electrons. The number of hydrogen-bond acceptors (Lipinski definition) is 2. The second kappa shape index (κ2) is 2.90. The molecule has 3 nitrogen and oxygen atoms in total. The number of hydrogen-bond donors (Lipinski definition) is 1. The highest BCUT2D eigenvalue weighted by molar-refractivity contribution is 5.28. The molecule has 0 aromatic carbocycles. The first-order chi connectivity index (χ1) is 5.83. The van der Waals surface area contributed by atoms with Crippen molar-refractivity contribution in [1.29, 1.82) is 0 Å². The summed E-state index contributed by atoms with van der Waals surface area (Å²) in [6.45, 7) is 4.26. The Morgan fingerprint density at radius 2 is 2.42 bits per heavy atom. The van der Waals surface area contributed by atoms with Crippen LogP contribution in [0.3, 0.4) is 0 Å². The van der Waals surface area contributed by atoms with Gasteiger partial charge in [0, 0.05) is 37.8 Å². The molecule has 1 aliphatic heterocycles. The van der Waals surface area contributed by atoms with Gasteiger partial charge in [-0.1, -0.05) is 6.92 Å². The minimum Gasteiger partial charge on any atom is -0.312 e. The van der Waals surface area contributed by atoms with Crippen LogP contribution in [-0.4, -0.2) is 16.3 Å². The predicted octanol–water partition coefficient (Wildman–Crippen LogP) is 0.628. The minimum absolute atomic E-state index is 1.01. The number of fused-ring (bicyclic) bond motifs is 1. The van der Waals surface area contributed by atoms with Gasteiger partial charge in [-0.05, 0) is 6.42 Å². The van der Waals surface area contributed by atoms with Crippen LogP contribution in [0.15, 0.2) is 0 Å². The fourth-order valence-electron chi connectivity index (χ4n) is 1.88. The Labute approximate surface area is 72.8 Å². The predicted molar refractivity (Wildman–Crippen MR) is 48.0 cm³/mol. The van der Waals surface area contributed by atoms with Crippen LogP contribution in [0.1, 0.15) is 23.9 Å². The smallest absolute Gasteiger partial charge is 0.0669 e. The molecular weight excluding hydrogens is 150 g/mol. The minimum atomic E-state index is 1.01. The Hall–Kier alpha value is -0.830. The van der Waals surface area contributed by atoms with Gasteiger partial charge < -0.3 is 5.32 Å². The summed E-state index contributed by atoms with van der Waals surface area (Å²) in [5.74, 6) is 0. The molecule has 2 heterocycles. The summed E-state index contributed by atoms with van der Waals surface area (Å²) in [4.78, 5) is 0. The van der Waals surface area contributed by atoms with Crippen molar-refractivity contribution in [3.8, 4) is 0 Å². The van der Waals surface area contributed by atoms with Crippen molar-refractivity contribution >= 4 is 0 Å². The molecule has 1 aromatic heterocycles. The lowest BCUT2D eigenvalue weighted by Crippen LogP contribution is -2.24. The lowest BCUT2D eigenvalue weighted by molar-refractivity contribution is 0.604. The quantitative estimate of drug-likeness (QED) is 0.661. The topological polar surface area (TPSA) is 29.9 Å². The molecule has 12 heavy (non-hydrogen) atoms. The average molecular weight is 165 g/mol. The molecule has 1 N–H and O–H groups in total. The lowest BCUT2D eigenvalue weighted by atomic mass is 10.1. The van der Waals surface area contributed by atoms with Crippen molar-refractivity contribution in [3.05, 3.63) is 17.0 Å². The van der Waals surface area contributed by atoms with Crippen LogP contribution < -0.4 is 5.32 Å². The highest BCUT2D eigenvalue weighted by atomic mass is 15.3. The van der Waals surface area contributed by atoms with E-state index >= 15 is 0 Å². The zero-order valence-electron chi connectivity index (χ0n) is 7.72. The molecular formula is C9H15N3. The van der Waals surface area contributed by atoms with Gasteiger partial charge in [0.15, 0.2) is 0 Å². The van der Waals surface area contributed by atoms with Crippen LogP contribution in [0, 0.1) is 0 Å². The highest BCUT2D eigenvalue weighted by Crippen LogP contribution is 2.17. The van der Waals surface area contributed by atoms with Crippen molar-refractivity contribution in [2.45, 2.75) is 26.3 Å². The molecule has 0 unspecified atom stereocenters. The summed E-state index contributed by atoms with van der Waals surface area (Å²) in [5, 5.41) is 7.86. The van der Waals surface area contributed by atoms with Crippen molar-refractivity contribution in [2.24, 2.45) is 7.05 Å². The van der Waals surface area contributed by atoms with Gasteiger partial charge in [0.1, 0.15) is 0 Å². The third-order valence-corrected chi connectivity index (χ3v) is 2.53. The van der Waals surface area contributed by atoms with Crippen molar-refractivity contribution in [2.75, 3.05) is 6.54 Å². The fourth-order valence-corrected chi connectivity index (χ4v) is 1.88. The molecule has 3 heteroatoms. The van der Waals surface area contributed by atoms with Crippen LogP contribution in [0.25, 0.3) is 0 Å². The van der Waals surface area contributed by atoms with Crippen molar-refractivity contribution in [3.63, 3.8) is 0 Å². The lowest BCUT2D eigenvalue weighted by Gasteiger charge is -2.13. The molecule has 0 aliphatic carbocycles. The van der Waals surface area contributed by atoms with E-state index in [1.54, 1.807) is 0 Å². The highest BCUT2D eigenvalue weighted by Gasteiger charge is 2.17. The van der Waals surface area contributed by atoms with E-state index in [1.165, 1.54) is 17.0 Å². The van der Waals surface area contributed by atoms with Gasteiger partial charge in [-0.2, -0.15) is 5.10 Å². The Bertz CT molecular complexity index is 288. The zero-order chi connectivity index (χ0) is 8.55. The molecule has 1 aromatic rings. The zero-order valence-corrected chi connectivity index (χ0v) is 7.72. The SMILES string of the molecule is CCc1nn(C)c2c1CNCC2. The normalized spacial score (nSPS) is 16.2. The maximum Gasteiger partial charge on any atom is 0.0669 e. The molecule has 0 saturated heterocycles. The van der Waals surface area contributed by atoms with E-state index in [9.17, 15) is 0 Å². The molecule has 0 saturated carbocycles. The molecule has 1 aliphatic rings. The Kier molecular flexibility index (Phi) is 1.89. The first-order valence-electron chi connectivity index (χ1n) is 4.57. The summed E-state index contributed by atoms with van der Waals surface area (Å²) in [7, 11) is 2.04. The molecule has 0 spiro atoms. The Morgan fingerprint density at radius 1 is 1.58 bits per heavy atom.